The van der Waals surface area contributed by atoms with Crippen molar-refractivity contribution in [3.05, 3.63) is 41.1 Å². The minimum atomic E-state index is -0.408. The Kier molecular flexibility index (Phi) is 5.04. The Morgan fingerprint density at radius 1 is 1.32 bits per heavy atom. The molecule has 3 heterocycles. The fraction of sp³-hybridized carbons (Fsp3) is 0.450. The highest BCUT2D eigenvalue weighted by molar-refractivity contribution is 5.99. The summed E-state index contributed by atoms with van der Waals surface area (Å²) in [7, 11) is 1.61. The number of hydrogen-bond donors (Lipinski definition) is 0. The molecule has 28 heavy (non-hydrogen) atoms. The van der Waals surface area contributed by atoms with Gasteiger partial charge in [-0.3, -0.25) is 4.79 Å². The summed E-state index contributed by atoms with van der Waals surface area (Å²) in [6.07, 6.45) is 1.85. The quantitative estimate of drug-likeness (QED) is 0.799. The SMILES string of the molecule is COc1ccc2c(c1)C=C(C(=O)N1CCOCC1c1nnc(C(C)C)o1)CO2. The lowest BCUT2D eigenvalue weighted by atomic mass is 10.0. The molecule has 1 saturated heterocycles. The van der Waals surface area contributed by atoms with Crippen LogP contribution < -0.4 is 9.47 Å². The first kappa shape index (κ1) is 18.5. The van der Waals surface area contributed by atoms with Gasteiger partial charge in [-0.1, -0.05) is 13.8 Å². The number of carbonyl (C=O) groups excluding carboxylic acids is 1. The first-order valence-corrected chi connectivity index (χ1v) is 9.30. The predicted molar refractivity (Wildman–Crippen MR) is 100 cm³/mol. The molecule has 0 saturated carbocycles. The highest BCUT2D eigenvalue weighted by Crippen LogP contribution is 2.32. The molecule has 148 valence electrons. The van der Waals surface area contributed by atoms with E-state index in [1.54, 1.807) is 12.0 Å². The van der Waals surface area contributed by atoms with Gasteiger partial charge < -0.3 is 23.5 Å². The van der Waals surface area contributed by atoms with Gasteiger partial charge in [-0.25, -0.2) is 0 Å². The number of benzene rings is 1. The second-order valence-electron chi connectivity index (χ2n) is 7.08. The number of amides is 1. The third kappa shape index (κ3) is 3.47. The molecule has 0 bridgehead atoms. The average molecular weight is 385 g/mol. The monoisotopic (exact) mass is 385 g/mol. The lowest BCUT2D eigenvalue weighted by Gasteiger charge is -2.34. The zero-order valence-electron chi connectivity index (χ0n) is 16.2. The van der Waals surface area contributed by atoms with Gasteiger partial charge in [0, 0.05) is 18.0 Å². The molecule has 4 rings (SSSR count). The van der Waals surface area contributed by atoms with E-state index in [9.17, 15) is 4.79 Å². The van der Waals surface area contributed by atoms with E-state index in [1.807, 2.05) is 38.1 Å². The molecule has 8 heteroatoms. The number of hydrogen-bond acceptors (Lipinski definition) is 7. The van der Waals surface area contributed by atoms with Gasteiger partial charge >= 0.3 is 0 Å². The van der Waals surface area contributed by atoms with E-state index in [0.717, 1.165) is 11.3 Å². The smallest absolute Gasteiger partial charge is 0.254 e. The first-order valence-electron chi connectivity index (χ1n) is 9.30. The number of aromatic nitrogens is 2. The van der Waals surface area contributed by atoms with Crippen molar-refractivity contribution in [2.75, 3.05) is 33.5 Å². The summed E-state index contributed by atoms with van der Waals surface area (Å²) in [6, 6.07) is 5.12. The lowest BCUT2D eigenvalue weighted by Crippen LogP contribution is -2.45. The van der Waals surface area contributed by atoms with Crippen LogP contribution in [-0.2, 0) is 9.53 Å². The number of fused-ring (bicyclic) bond motifs is 1. The van der Waals surface area contributed by atoms with Crippen molar-refractivity contribution >= 4 is 12.0 Å². The third-order valence-electron chi connectivity index (χ3n) is 4.83. The van der Waals surface area contributed by atoms with Crippen molar-refractivity contribution in [3.63, 3.8) is 0 Å². The second-order valence-corrected chi connectivity index (χ2v) is 7.08. The fourth-order valence-electron chi connectivity index (χ4n) is 3.26. The number of rotatable bonds is 4. The molecule has 1 atom stereocenters. The lowest BCUT2D eigenvalue weighted by molar-refractivity contribution is -0.137. The van der Waals surface area contributed by atoms with Gasteiger partial charge in [0.1, 0.15) is 24.1 Å². The molecule has 0 radical (unpaired) electrons. The van der Waals surface area contributed by atoms with Crippen molar-refractivity contribution in [2.24, 2.45) is 0 Å². The van der Waals surface area contributed by atoms with Gasteiger partial charge in [-0.05, 0) is 24.3 Å². The zero-order valence-corrected chi connectivity index (χ0v) is 16.2. The maximum absolute atomic E-state index is 13.2. The Balaban J connectivity index is 1.60. The topological polar surface area (TPSA) is 86.9 Å². The Morgan fingerprint density at radius 2 is 2.18 bits per heavy atom. The summed E-state index contributed by atoms with van der Waals surface area (Å²) in [5.74, 6) is 2.39. The van der Waals surface area contributed by atoms with E-state index in [0.29, 0.717) is 42.9 Å². The Labute approximate surface area is 163 Å². The maximum atomic E-state index is 13.2. The molecule has 0 aliphatic carbocycles. The number of carbonyl (C=O) groups is 1. The van der Waals surface area contributed by atoms with E-state index in [-0.39, 0.29) is 18.4 Å². The van der Waals surface area contributed by atoms with Crippen LogP contribution in [-0.4, -0.2) is 54.5 Å². The Morgan fingerprint density at radius 3 is 2.93 bits per heavy atom. The van der Waals surface area contributed by atoms with Crippen molar-refractivity contribution in [3.8, 4) is 11.5 Å². The molecular formula is C20H23N3O5. The summed E-state index contributed by atoms with van der Waals surface area (Å²) >= 11 is 0. The van der Waals surface area contributed by atoms with E-state index in [1.165, 1.54) is 0 Å². The van der Waals surface area contributed by atoms with Gasteiger partial charge in [-0.15, -0.1) is 10.2 Å². The molecule has 2 aliphatic heterocycles. The van der Waals surface area contributed by atoms with Crippen molar-refractivity contribution in [2.45, 2.75) is 25.8 Å². The van der Waals surface area contributed by atoms with Crippen LogP contribution in [0.15, 0.2) is 28.2 Å². The van der Waals surface area contributed by atoms with Crippen LogP contribution in [0.5, 0.6) is 11.5 Å². The van der Waals surface area contributed by atoms with Crippen molar-refractivity contribution in [1.29, 1.82) is 0 Å². The Bertz CT molecular complexity index is 905. The second kappa shape index (κ2) is 7.63. The van der Waals surface area contributed by atoms with E-state index in [2.05, 4.69) is 10.2 Å². The fourth-order valence-corrected chi connectivity index (χ4v) is 3.26. The summed E-state index contributed by atoms with van der Waals surface area (Å²) < 4.78 is 22.4. The standard InChI is InChI=1S/C20H23N3O5/c1-12(2)18-21-22-19(28-18)16-11-26-7-6-23(16)20(24)14-8-13-9-15(25-3)4-5-17(13)27-10-14/h4-5,8-9,12,16H,6-7,10-11H2,1-3H3. The zero-order chi connectivity index (χ0) is 19.7. The first-order chi connectivity index (χ1) is 13.6. The van der Waals surface area contributed by atoms with Gasteiger partial charge in [0.2, 0.25) is 11.8 Å². The van der Waals surface area contributed by atoms with Crippen molar-refractivity contribution in [1.82, 2.24) is 15.1 Å². The van der Waals surface area contributed by atoms with Gasteiger partial charge in [0.25, 0.3) is 5.91 Å². The number of morpholine rings is 1. The molecule has 2 aromatic rings. The summed E-state index contributed by atoms with van der Waals surface area (Å²) in [5, 5.41) is 8.22. The highest BCUT2D eigenvalue weighted by atomic mass is 16.5. The van der Waals surface area contributed by atoms with Crippen molar-refractivity contribution < 1.29 is 23.4 Å². The molecule has 2 aliphatic rings. The van der Waals surface area contributed by atoms with Gasteiger partial charge in [-0.2, -0.15) is 0 Å². The molecule has 1 amide bonds. The maximum Gasteiger partial charge on any atom is 0.254 e. The Hall–Kier alpha value is -2.87. The number of methoxy groups -OCH3 is 1. The van der Waals surface area contributed by atoms with E-state index < -0.39 is 6.04 Å². The molecule has 1 aromatic carbocycles. The van der Waals surface area contributed by atoms with Crippen LogP contribution in [0.25, 0.3) is 6.08 Å². The summed E-state index contributed by atoms with van der Waals surface area (Å²) in [6.45, 7) is 5.41. The van der Waals surface area contributed by atoms with Gasteiger partial charge in [0.15, 0.2) is 0 Å². The molecule has 0 spiro atoms. The molecule has 1 fully saturated rings. The molecule has 1 unspecified atom stereocenters. The molecular weight excluding hydrogens is 362 g/mol. The molecule has 8 nitrogen and oxygen atoms in total. The largest absolute Gasteiger partial charge is 0.497 e. The van der Waals surface area contributed by atoms with E-state index in [4.69, 9.17) is 18.6 Å². The van der Waals surface area contributed by atoms with Crippen LogP contribution >= 0.6 is 0 Å². The van der Waals surface area contributed by atoms with Crippen LogP contribution in [0.1, 0.15) is 43.2 Å². The van der Waals surface area contributed by atoms with Crippen LogP contribution in [0.3, 0.4) is 0 Å². The minimum absolute atomic E-state index is 0.119. The average Bonchev–Trinajstić information content (AvgIpc) is 3.23. The number of ether oxygens (including phenoxy) is 3. The number of nitrogens with zero attached hydrogens (tertiary/aromatic N) is 3. The molecule has 1 aromatic heterocycles. The van der Waals surface area contributed by atoms with E-state index >= 15 is 0 Å². The third-order valence-corrected chi connectivity index (χ3v) is 4.83. The van der Waals surface area contributed by atoms with Crippen LogP contribution in [0.4, 0.5) is 0 Å². The molecule has 0 N–H and O–H groups in total. The van der Waals surface area contributed by atoms with Crippen LogP contribution in [0, 0.1) is 0 Å². The summed E-state index contributed by atoms with van der Waals surface area (Å²) in [5.41, 5.74) is 1.38. The highest BCUT2D eigenvalue weighted by Gasteiger charge is 2.35. The normalized spacial score (nSPS) is 19.1. The summed E-state index contributed by atoms with van der Waals surface area (Å²) in [4.78, 5) is 15.0. The van der Waals surface area contributed by atoms with Gasteiger partial charge in [0.05, 0.1) is 25.9 Å². The minimum Gasteiger partial charge on any atom is -0.497 e. The predicted octanol–water partition coefficient (Wildman–Crippen LogP) is 2.58. The van der Waals surface area contributed by atoms with Crippen LogP contribution in [0.2, 0.25) is 0 Å².